The van der Waals surface area contributed by atoms with Crippen LogP contribution in [0.5, 0.6) is 0 Å². The third-order valence-electron chi connectivity index (χ3n) is 4.33. The van der Waals surface area contributed by atoms with Gasteiger partial charge in [0.2, 0.25) is 0 Å². The van der Waals surface area contributed by atoms with Crippen LogP contribution in [0.2, 0.25) is 0 Å². The molecule has 2 unspecified atom stereocenters. The molecule has 0 heterocycles. The average molecular weight is 352 g/mol. The quantitative estimate of drug-likeness (QED) is 0.525. The van der Waals surface area contributed by atoms with E-state index in [4.69, 9.17) is 18.9 Å². The summed E-state index contributed by atoms with van der Waals surface area (Å²) < 4.78 is 20.3. The number of carbonyl (C=O) groups is 2. The molecule has 6 nitrogen and oxygen atoms in total. The van der Waals surface area contributed by atoms with Crippen molar-refractivity contribution in [3.05, 3.63) is 34.9 Å². The highest BCUT2D eigenvalue weighted by molar-refractivity contribution is 6.03. The molecule has 1 aromatic carbocycles. The first-order valence-corrected chi connectivity index (χ1v) is 8.28. The van der Waals surface area contributed by atoms with E-state index in [0.717, 1.165) is 12.0 Å². The van der Waals surface area contributed by atoms with Gasteiger partial charge >= 0.3 is 11.9 Å². The Morgan fingerprint density at radius 2 is 1.44 bits per heavy atom. The van der Waals surface area contributed by atoms with Crippen LogP contribution in [0, 0.1) is 0 Å². The van der Waals surface area contributed by atoms with Crippen LogP contribution in [0.1, 0.15) is 67.3 Å². The van der Waals surface area contributed by atoms with Gasteiger partial charge in [-0.05, 0) is 43.4 Å². The highest BCUT2D eigenvalue weighted by Crippen LogP contribution is 2.29. The van der Waals surface area contributed by atoms with Gasteiger partial charge < -0.3 is 18.9 Å². The van der Waals surface area contributed by atoms with Gasteiger partial charge in [0.05, 0.1) is 11.1 Å². The van der Waals surface area contributed by atoms with Crippen molar-refractivity contribution in [3.63, 3.8) is 0 Å². The second-order valence-corrected chi connectivity index (χ2v) is 6.42. The molecule has 0 aliphatic carbocycles. The number of methoxy groups -OCH3 is 2. The van der Waals surface area contributed by atoms with Gasteiger partial charge in [0.15, 0.2) is 12.6 Å². The van der Waals surface area contributed by atoms with Crippen molar-refractivity contribution in [3.8, 4) is 0 Å². The highest BCUT2D eigenvalue weighted by atomic mass is 16.7. The molecule has 0 fully saturated rings. The molecule has 2 atom stereocenters. The van der Waals surface area contributed by atoms with Crippen LogP contribution in [0.15, 0.2) is 18.2 Å². The molecule has 6 heteroatoms. The summed E-state index contributed by atoms with van der Waals surface area (Å²) in [6.07, 6.45) is -0.571. The average Bonchev–Trinajstić information content (AvgIpc) is 2.60. The lowest BCUT2D eigenvalue weighted by atomic mass is 9.81. The molecule has 1 aromatic rings. The van der Waals surface area contributed by atoms with E-state index in [0.29, 0.717) is 0 Å². The van der Waals surface area contributed by atoms with Gasteiger partial charge in [0, 0.05) is 14.2 Å². The van der Waals surface area contributed by atoms with Crippen LogP contribution in [0.25, 0.3) is 0 Å². The molecule has 0 radical (unpaired) electrons. The number of hydrogen-bond donors (Lipinski definition) is 0. The molecular formula is C19H28O6. The van der Waals surface area contributed by atoms with E-state index in [1.807, 2.05) is 6.07 Å². The molecular weight excluding hydrogens is 324 g/mol. The number of benzene rings is 1. The maximum atomic E-state index is 12.5. The summed E-state index contributed by atoms with van der Waals surface area (Å²) >= 11 is 0. The van der Waals surface area contributed by atoms with Crippen molar-refractivity contribution in [2.24, 2.45) is 0 Å². The van der Waals surface area contributed by atoms with Gasteiger partial charge in [-0.2, -0.15) is 0 Å². The molecule has 0 saturated carbocycles. The minimum atomic E-state index is -0.725. The SMILES string of the molecule is CCC(C)(C)c1ccc(C(=O)OC(C)OC)c(C(=O)OC(C)OC)c1. The molecule has 0 N–H and O–H groups in total. The fraction of sp³-hybridized carbons (Fsp3) is 0.579. The first kappa shape index (κ1) is 21.1. The van der Waals surface area contributed by atoms with Gasteiger partial charge in [-0.25, -0.2) is 9.59 Å². The smallest absolute Gasteiger partial charge is 0.341 e. The summed E-state index contributed by atoms with van der Waals surface area (Å²) in [7, 11) is 2.87. The third kappa shape index (κ3) is 5.54. The van der Waals surface area contributed by atoms with E-state index in [1.54, 1.807) is 26.0 Å². The normalized spacial score (nSPS) is 13.9. The predicted octanol–water partition coefficient (Wildman–Crippen LogP) is 3.67. The fourth-order valence-electron chi connectivity index (χ4n) is 2.04. The largest absolute Gasteiger partial charge is 0.432 e. The Kier molecular flexibility index (Phi) is 7.58. The van der Waals surface area contributed by atoms with Crippen LogP contribution in [0.3, 0.4) is 0 Å². The number of rotatable bonds is 8. The van der Waals surface area contributed by atoms with Crippen molar-refractivity contribution >= 4 is 11.9 Å². The summed E-state index contributed by atoms with van der Waals surface area (Å²) in [5, 5.41) is 0. The van der Waals surface area contributed by atoms with Gasteiger partial charge in [0.1, 0.15) is 0 Å². The maximum Gasteiger partial charge on any atom is 0.341 e. The van der Waals surface area contributed by atoms with Crippen molar-refractivity contribution in [2.75, 3.05) is 14.2 Å². The summed E-state index contributed by atoms with van der Waals surface area (Å²) in [6.45, 7) is 9.40. The van der Waals surface area contributed by atoms with Crippen LogP contribution in [-0.4, -0.2) is 38.7 Å². The van der Waals surface area contributed by atoms with Gasteiger partial charge in [-0.3, -0.25) is 0 Å². The third-order valence-corrected chi connectivity index (χ3v) is 4.33. The van der Waals surface area contributed by atoms with E-state index in [2.05, 4.69) is 20.8 Å². The van der Waals surface area contributed by atoms with Crippen molar-refractivity contribution in [2.45, 2.75) is 59.0 Å². The topological polar surface area (TPSA) is 71.1 Å². The molecule has 0 bridgehead atoms. The van der Waals surface area contributed by atoms with Gasteiger partial charge in [-0.15, -0.1) is 0 Å². The van der Waals surface area contributed by atoms with Crippen LogP contribution in [0.4, 0.5) is 0 Å². The van der Waals surface area contributed by atoms with Crippen molar-refractivity contribution in [1.29, 1.82) is 0 Å². The zero-order valence-corrected chi connectivity index (χ0v) is 16.0. The molecule has 0 amide bonds. The molecule has 1 rings (SSSR count). The Labute approximate surface area is 149 Å². The van der Waals surface area contributed by atoms with E-state index in [9.17, 15) is 9.59 Å². The Morgan fingerprint density at radius 3 is 1.88 bits per heavy atom. The molecule has 25 heavy (non-hydrogen) atoms. The molecule has 140 valence electrons. The van der Waals surface area contributed by atoms with Crippen LogP contribution < -0.4 is 0 Å². The zero-order chi connectivity index (χ0) is 19.2. The van der Waals surface area contributed by atoms with E-state index in [-0.39, 0.29) is 16.5 Å². The van der Waals surface area contributed by atoms with Crippen molar-refractivity contribution < 1.29 is 28.5 Å². The van der Waals surface area contributed by atoms with Gasteiger partial charge in [-0.1, -0.05) is 26.8 Å². The lowest BCUT2D eigenvalue weighted by Crippen LogP contribution is -2.23. The molecule has 0 aliphatic rings. The van der Waals surface area contributed by atoms with E-state index in [1.165, 1.54) is 14.2 Å². The molecule has 0 aromatic heterocycles. The number of carbonyl (C=O) groups excluding carboxylic acids is 2. The number of esters is 2. The number of hydrogen-bond acceptors (Lipinski definition) is 6. The Balaban J connectivity index is 3.31. The highest BCUT2D eigenvalue weighted by Gasteiger charge is 2.26. The Morgan fingerprint density at radius 1 is 0.960 bits per heavy atom. The summed E-state index contributed by atoms with van der Waals surface area (Å²) in [5.41, 5.74) is 1.07. The van der Waals surface area contributed by atoms with Crippen LogP contribution in [-0.2, 0) is 24.4 Å². The summed E-state index contributed by atoms with van der Waals surface area (Å²) in [5.74, 6) is -1.28. The zero-order valence-electron chi connectivity index (χ0n) is 16.0. The predicted molar refractivity (Wildman–Crippen MR) is 93.5 cm³/mol. The maximum absolute atomic E-state index is 12.5. The summed E-state index contributed by atoms with van der Waals surface area (Å²) in [4.78, 5) is 24.9. The summed E-state index contributed by atoms with van der Waals surface area (Å²) in [6, 6.07) is 5.10. The molecule has 0 aliphatic heterocycles. The monoisotopic (exact) mass is 352 g/mol. The minimum Gasteiger partial charge on any atom is -0.432 e. The Hall–Kier alpha value is -1.92. The second-order valence-electron chi connectivity index (χ2n) is 6.42. The minimum absolute atomic E-state index is 0.132. The molecule has 0 saturated heterocycles. The molecule has 0 spiro atoms. The lowest BCUT2D eigenvalue weighted by molar-refractivity contribution is -0.0802. The van der Waals surface area contributed by atoms with Crippen molar-refractivity contribution in [1.82, 2.24) is 0 Å². The second kappa shape index (κ2) is 8.97. The fourth-order valence-corrected chi connectivity index (χ4v) is 2.04. The standard InChI is InChI=1S/C19H28O6/c1-8-19(4,5)14-9-10-15(17(20)24-12(2)22-6)16(11-14)18(21)25-13(3)23-7/h9-13H,8H2,1-7H3. The first-order chi connectivity index (χ1) is 11.7. The van der Waals surface area contributed by atoms with E-state index >= 15 is 0 Å². The lowest BCUT2D eigenvalue weighted by Gasteiger charge is -2.24. The first-order valence-electron chi connectivity index (χ1n) is 8.28. The van der Waals surface area contributed by atoms with Crippen LogP contribution >= 0.6 is 0 Å². The Bertz CT molecular complexity index is 608. The van der Waals surface area contributed by atoms with Gasteiger partial charge in [0.25, 0.3) is 0 Å². The number of ether oxygens (including phenoxy) is 4. The van der Waals surface area contributed by atoms with E-state index < -0.39 is 24.5 Å².